The first-order valence-electron chi connectivity index (χ1n) is 12.5. The SMILES string of the molecule is O=C(COC(=O)c1ccccc1N1C(=O)[C@@H]2[C@H]3C[C@H]([C@H](Br)[C@@H]3Br)[C@@H]2C1=O)c1ccc(-c2ccccc2)cc1. The summed E-state index contributed by atoms with van der Waals surface area (Å²) in [6.45, 7) is -0.453. The third kappa shape index (κ3) is 4.05. The molecule has 3 aromatic rings. The highest BCUT2D eigenvalue weighted by Crippen LogP contribution is 2.60. The van der Waals surface area contributed by atoms with Crippen molar-refractivity contribution in [1.82, 2.24) is 0 Å². The first-order valence-corrected chi connectivity index (χ1v) is 14.3. The number of benzene rings is 3. The number of para-hydroxylation sites is 1. The van der Waals surface area contributed by atoms with E-state index in [9.17, 15) is 19.2 Å². The molecule has 1 saturated heterocycles. The number of amides is 2. The van der Waals surface area contributed by atoms with Crippen LogP contribution in [0.4, 0.5) is 5.69 Å². The van der Waals surface area contributed by atoms with Gasteiger partial charge in [0.05, 0.1) is 23.1 Å². The summed E-state index contributed by atoms with van der Waals surface area (Å²) in [5, 5.41) is 0. The van der Waals surface area contributed by atoms with Crippen LogP contribution in [0.3, 0.4) is 0 Å². The zero-order valence-electron chi connectivity index (χ0n) is 20.1. The van der Waals surface area contributed by atoms with Gasteiger partial charge in [-0.2, -0.15) is 0 Å². The lowest BCUT2D eigenvalue weighted by atomic mass is 9.81. The van der Waals surface area contributed by atoms with Gasteiger partial charge in [0.25, 0.3) is 0 Å². The monoisotopic (exact) mass is 635 g/mol. The average molecular weight is 637 g/mol. The zero-order valence-corrected chi connectivity index (χ0v) is 23.3. The molecule has 6 rings (SSSR count). The molecule has 0 aromatic heterocycles. The van der Waals surface area contributed by atoms with E-state index in [1.165, 1.54) is 6.07 Å². The lowest BCUT2D eigenvalue weighted by Crippen LogP contribution is -2.37. The van der Waals surface area contributed by atoms with Crippen LogP contribution in [0, 0.1) is 23.7 Å². The highest BCUT2D eigenvalue weighted by atomic mass is 79.9. The summed E-state index contributed by atoms with van der Waals surface area (Å²) >= 11 is 7.39. The fourth-order valence-corrected chi connectivity index (χ4v) is 8.07. The molecular weight excluding hydrogens is 614 g/mol. The maximum absolute atomic E-state index is 13.5. The van der Waals surface area contributed by atoms with Crippen LogP contribution in [0.2, 0.25) is 0 Å². The quantitative estimate of drug-likeness (QED) is 0.151. The van der Waals surface area contributed by atoms with Gasteiger partial charge in [0.2, 0.25) is 11.8 Å². The molecule has 0 unspecified atom stereocenters. The Balaban J connectivity index is 1.17. The summed E-state index contributed by atoms with van der Waals surface area (Å²) in [7, 11) is 0. The van der Waals surface area contributed by atoms with E-state index in [4.69, 9.17) is 4.74 Å². The van der Waals surface area contributed by atoms with E-state index in [0.29, 0.717) is 5.56 Å². The van der Waals surface area contributed by atoms with Crippen LogP contribution >= 0.6 is 31.9 Å². The Hall–Kier alpha value is -3.10. The highest BCUT2D eigenvalue weighted by molar-refractivity contribution is 9.12. The van der Waals surface area contributed by atoms with Crippen molar-refractivity contribution in [3.63, 3.8) is 0 Å². The molecule has 1 heterocycles. The molecule has 0 spiro atoms. The highest BCUT2D eigenvalue weighted by Gasteiger charge is 2.66. The Labute approximate surface area is 236 Å². The molecule has 0 radical (unpaired) electrons. The number of hydrogen-bond acceptors (Lipinski definition) is 5. The normalized spacial score (nSPS) is 27.5. The molecule has 3 aromatic carbocycles. The number of ketones is 1. The molecule has 8 heteroatoms. The molecule has 6 atom stereocenters. The van der Waals surface area contributed by atoms with Gasteiger partial charge in [0.15, 0.2) is 12.4 Å². The summed E-state index contributed by atoms with van der Waals surface area (Å²) in [6.07, 6.45) is 0.824. The summed E-state index contributed by atoms with van der Waals surface area (Å²) in [5.74, 6) is -2.29. The maximum Gasteiger partial charge on any atom is 0.340 e. The van der Waals surface area contributed by atoms with Crippen LogP contribution in [0.15, 0.2) is 78.9 Å². The van der Waals surface area contributed by atoms with Crippen molar-refractivity contribution in [1.29, 1.82) is 0 Å². The predicted molar refractivity (Wildman–Crippen MR) is 149 cm³/mol. The number of hydrogen-bond donors (Lipinski definition) is 0. The van der Waals surface area contributed by atoms with E-state index in [0.717, 1.165) is 22.4 Å². The van der Waals surface area contributed by atoms with Gasteiger partial charge in [-0.15, -0.1) is 0 Å². The standard InChI is InChI=1S/C30H23Br2NO5/c31-26-20-14-21(27(26)32)25-24(20)28(35)33(29(25)36)22-9-5-4-8-19(22)30(37)38-15-23(34)18-12-10-17(11-13-18)16-6-2-1-3-7-16/h1-13,20-21,24-27H,14-15H2/t20-,21+,24-,25+,26-,27+. The molecule has 3 aliphatic rings. The third-order valence-corrected chi connectivity index (χ3v) is 11.2. The Bertz CT molecular complexity index is 1410. The van der Waals surface area contributed by atoms with Gasteiger partial charge in [-0.3, -0.25) is 14.4 Å². The minimum atomic E-state index is -0.757. The molecular formula is C30H23Br2NO5. The fraction of sp³-hybridized carbons (Fsp3) is 0.267. The summed E-state index contributed by atoms with van der Waals surface area (Å²) in [4.78, 5) is 54.1. The number of imide groups is 1. The maximum atomic E-state index is 13.5. The summed E-state index contributed by atoms with van der Waals surface area (Å²) in [5.41, 5.74) is 2.73. The number of halogens is 2. The van der Waals surface area contributed by atoms with Crippen LogP contribution in [0.25, 0.3) is 11.1 Å². The number of ether oxygens (including phenoxy) is 1. The van der Waals surface area contributed by atoms with E-state index < -0.39 is 24.4 Å². The summed E-state index contributed by atoms with van der Waals surface area (Å²) < 4.78 is 5.36. The molecule has 2 saturated carbocycles. The van der Waals surface area contributed by atoms with Crippen molar-refractivity contribution in [2.24, 2.45) is 23.7 Å². The lowest BCUT2D eigenvalue weighted by Gasteiger charge is -2.28. The Morgan fingerprint density at radius 3 is 1.95 bits per heavy atom. The minimum Gasteiger partial charge on any atom is -0.454 e. The molecule has 2 amide bonds. The zero-order chi connectivity index (χ0) is 26.6. The number of alkyl halides is 2. The van der Waals surface area contributed by atoms with Crippen molar-refractivity contribution in [3.05, 3.63) is 90.0 Å². The molecule has 192 valence electrons. The minimum absolute atomic E-state index is 0.0702. The lowest BCUT2D eigenvalue weighted by molar-refractivity contribution is -0.123. The van der Waals surface area contributed by atoms with Gasteiger partial charge in [0, 0.05) is 15.2 Å². The Morgan fingerprint density at radius 1 is 0.763 bits per heavy atom. The fourth-order valence-electron chi connectivity index (χ4n) is 6.20. The molecule has 1 aliphatic heterocycles. The van der Waals surface area contributed by atoms with Crippen molar-refractivity contribution in [2.45, 2.75) is 16.1 Å². The van der Waals surface area contributed by atoms with Gasteiger partial charge in [-0.05, 0) is 41.5 Å². The largest absolute Gasteiger partial charge is 0.454 e. The van der Waals surface area contributed by atoms with Crippen molar-refractivity contribution in [2.75, 3.05) is 11.5 Å². The topological polar surface area (TPSA) is 80.8 Å². The molecule has 38 heavy (non-hydrogen) atoms. The van der Waals surface area contributed by atoms with E-state index in [-0.39, 0.29) is 50.3 Å². The number of rotatable bonds is 6. The second kappa shape index (κ2) is 9.89. The van der Waals surface area contributed by atoms with Crippen LogP contribution in [-0.2, 0) is 14.3 Å². The number of anilines is 1. The van der Waals surface area contributed by atoms with Gasteiger partial charge >= 0.3 is 5.97 Å². The van der Waals surface area contributed by atoms with Gasteiger partial charge < -0.3 is 4.74 Å². The number of Topliss-reactive ketones (excluding diaryl/α,β-unsaturated/α-hetero) is 1. The molecule has 0 N–H and O–H groups in total. The van der Waals surface area contributed by atoms with E-state index in [2.05, 4.69) is 31.9 Å². The Morgan fingerprint density at radius 2 is 1.32 bits per heavy atom. The van der Waals surface area contributed by atoms with Crippen LogP contribution in [0.1, 0.15) is 27.1 Å². The van der Waals surface area contributed by atoms with E-state index >= 15 is 0 Å². The molecule has 6 nitrogen and oxygen atoms in total. The number of esters is 1. The van der Waals surface area contributed by atoms with Crippen LogP contribution in [-0.4, -0.2) is 39.8 Å². The van der Waals surface area contributed by atoms with E-state index in [1.807, 2.05) is 42.5 Å². The third-order valence-electron chi connectivity index (χ3n) is 8.00. The molecule has 3 fully saturated rings. The number of carbonyl (C=O) groups is 4. The van der Waals surface area contributed by atoms with Crippen molar-refractivity contribution < 1.29 is 23.9 Å². The summed E-state index contributed by atoms with van der Waals surface area (Å²) in [6, 6.07) is 23.3. The molecule has 2 bridgehead atoms. The Kier molecular flexibility index (Phi) is 6.56. The first-order chi connectivity index (χ1) is 18.4. The van der Waals surface area contributed by atoms with Crippen LogP contribution in [0.5, 0.6) is 0 Å². The van der Waals surface area contributed by atoms with Crippen LogP contribution < -0.4 is 4.90 Å². The number of fused-ring (bicyclic) bond motifs is 5. The second-order valence-corrected chi connectivity index (χ2v) is 12.1. The number of carbonyl (C=O) groups excluding carboxylic acids is 4. The first kappa shape index (κ1) is 25.2. The van der Waals surface area contributed by atoms with Crippen molar-refractivity contribution in [3.8, 4) is 11.1 Å². The van der Waals surface area contributed by atoms with Gasteiger partial charge in [-0.1, -0.05) is 98.6 Å². The van der Waals surface area contributed by atoms with Crippen molar-refractivity contribution >= 4 is 61.1 Å². The average Bonchev–Trinajstić information content (AvgIpc) is 3.56. The smallest absolute Gasteiger partial charge is 0.340 e. The van der Waals surface area contributed by atoms with Gasteiger partial charge in [-0.25, -0.2) is 9.69 Å². The molecule has 2 aliphatic carbocycles. The number of nitrogens with zero attached hydrogens (tertiary/aromatic N) is 1. The predicted octanol–water partition coefficient (Wildman–Crippen LogP) is 5.68. The second-order valence-electron chi connectivity index (χ2n) is 9.98. The van der Waals surface area contributed by atoms with E-state index in [1.54, 1.807) is 30.3 Å². The van der Waals surface area contributed by atoms with Gasteiger partial charge in [0.1, 0.15) is 0 Å².